The van der Waals surface area contributed by atoms with Crippen LogP contribution in [0, 0.1) is 0 Å². The van der Waals surface area contributed by atoms with Crippen molar-refractivity contribution in [3.05, 3.63) is 72.4 Å². The van der Waals surface area contributed by atoms with E-state index in [9.17, 15) is 0 Å². The first-order valence-electron chi connectivity index (χ1n) is 7.76. The van der Waals surface area contributed by atoms with Crippen molar-refractivity contribution in [1.82, 2.24) is 0 Å². The average molecular weight is 268 g/mol. The van der Waals surface area contributed by atoms with Crippen LogP contribution in [0.5, 0.6) is 0 Å². The van der Waals surface area contributed by atoms with Crippen LogP contribution in [-0.4, -0.2) is 0 Å². The van der Waals surface area contributed by atoms with Crippen molar-refractivity contribution in [1.29, 1.82) is 0 Å². The highest BCUT2D eigenvalue weighted by Crippen LogP contribution is 2.41. The lowest BCUT2D eigenvalue weighted by Gasteiger charge is -2.35. The molecule has 0 aliphatic carbocycles. The number of unbranched alkanes of at least 4 members (excludes halogenated alkanes) is 1. The summed E-state index contributed by atoms with van der Waals surface area (Å²) in [5.41, 5.74) is 2.90. The third-order valence-electron chi connectivity index (χ3n) is 4.08. The molecular weight excluding hydrogens is 240 g/mol. The van der Waals surface area contributed by atoms with Gasteiger partial charge in [0.2, 0.25) is 0 Å². The van der Waals surface area contributed by atoms with Crippen LogP contribution < -0.4 is 0 Å². The minimum atomic E-state index is 0.109. The van der Waals surface area contributed by atoms with Crippen LogP contribution >= 0.6 is 0 Å². The first-order chi connectivity index (χ1) is 9.75. The Bertz CT molecular complexity index is 450. The van der Waals surface area contributed by atoms with Crippen LogP contribution in [0.3, 0.4) is 0 Å². The molecule has 0 heterocycles. The minimum Gasteiger partial charge on any atom is -0.0991 e. The highest BCUT2D eigenvalue weighted by Gasteiger charge is 2.32. The van der Waals surface area contributed by atoms with Gasteiger partial charge in [-0.3, -0.25) is 0 Å². The predicted octanol–water partition coefficient (Wildman–Crippen LogP) is 6.21. The summed E-state index contributed by atoms with van der Waals surface area (Å²) in [4.78, 5) is 0. The number of hydrogen-bond acceptors (Lipinski definition) is 0. The maximum atomic E-state index is 3.89. The molecule has 0 aromatic heterocycles. The van der Waals surface area contributed by atoms with Gasteiger partial charge in [-0.25, -0.2) is 0 Å². The SMILES string of the molecule is C=C/C=C(\C=C/C)C(CC)(CCCC)c1ccccc1. The fraction of sp³-hybridized carbons (Fsp3) is 0.400. The Labute approximate surface area is 124 Å². The van der Waals surface area contributed by atoms with Crippen molar-refractivity contribution in [3.8, 4) is 0 Å². The summed E-state index contributed by atoms with van der Waals surface area (Å²) < 4.78 is 0. The molecule has 1 unspecified atom stereocenters. The Morgan fingerprint density at radius 2 is 1.90 bits per heavy atom. The summed E-state index contributed by atoms with van der Waals surface area (Å²) in [6.07, 6.45) is 13.2. The van der Waals surface area contributed by atoms with Crippen molar-refractivity contribution in [3.63, 3.8) is 0 Å². The lowest BCUT2D eigenvalue weighted by atomic mass is 9.68. The molecule has 0 nitrogen and oxygen atoms in total. The van der Waals surface area contributed by atoms with Gasteiger partial charge in [0.05, 0.1) is 0 Å². The predicted molar refractivity (Wildman–Crippen MR) is 91.0 cm³/mol. The topological polar surface area (TPSA) is 0 Å². The fourth-order valence-corrected chi connectivity index (χ4v) is 2.96. The van der Waals surface area contributed by atoms with Crippen LogP contribution in [0.15, 0.2) is 66.8 Å². The van der Waals surface area contributed by atoms with Gasteiger partial charge in [-0.05, 0) is 30.9 Å². The maximum Gasteiger partial charge on any atom is 0.0200 e. The fourth-order valence-electron chi connectivity index (χ4n) is 2.96. The Morgan fingerprint density at radius 3 is 2.40 bits per heavy atom. The summed E-state index contributed by atoms with van der Waals surface area (Å²) in [6, 6.07) is 10.9. The van der Waals surface area contributed by atoms with Crippen LogP contribution in [0.2, 0.25) is 0 Å². The summed E-state index contributed by atoms with van der Waals surface area (Å²) in [5.74, 6) is 0. The van der Waals surface area contributed by atoms with Crippen LogP contribution in [-0.2, 0) is 5.41 Å². The summed E-state index contributed by atoms with van der Waals surface area (Å²) >= 11 is 0. The highest BCUT2D eigenvalue weighted by atomic mass is 14.3. The molecule has 108 valence electrons. The van der Waals surface area contributed by atoms with Gasteiger partial charge in [0.25, 0.3) is 0 Å². The number of hydrogen-bond donors (Lipinski definition) is 0. The van der Waals surface area contributed by atoms with Gasteiger partial charge in [-0.2, -0.15) is 0 Å². The molecule has 0 aliphatic rings. The van der Waals surface area contributed by atoms with E-state index in [1.165, 1.54) is 30.4 Å². The van der Waals surface area contributed by atoms with Crippen molar-refractivity contribution in [2.24, 2.45) is 0 Å². The normalized spacial score (nSPS) is 15.2. The zero-order valence-corrected chi connectivity index (χ0v) is 13.2. The van der Waals surface area contributed by atoms with E-state index in [0.29, 0.717) is 0 Å². The number of rotatable bonds is 8. The van der Waals surface area contributed by atoms with E-state index in [1.807, 2.05) is 6.08 Å². The van der Waals surface area contributed by atoms with Crippen molar-refractivity contribution in [2.75, 3.05) is 0 Å². The lowest BCUT2D eigenvalue weighted by Crippen LogP contribution is -2.27. The summed E-state index contributed by atoms with van der Waals surface area (Å²) in [5, 5.41) is 0. The van der Waals surface area contributed by atoms with Gasteiger partial charge < -0.3 is 0 Å². The van der Waals surface area contributed by atoms with Crippen molar-refractivity contribution in [2.45, 2.75) is 51.9 Å². The minimum absolute atomic E-state index is 0.109. The molecule has 1 rings (SSSR count). The average Bonchev–Trinajstić information content (AvgIpc) is 2.50. The van der Waals surface area contributed by atoms with Gasteiger partial charge in [0, 0.05) is 5.41 Å². The molecular formula is C20H28. The Morgan fingerprint density at radius 1 is 1.20 bits per heavy atom. The molecule has 0 saturated carbocycles. The molecule has 0 radical (unpaired) electrons. The van der Waals surface area contributed by atoms with Gasteiger partial charge >= 0.3 is 0 Å². The molecule has 0 amide bonds. The monoisotopic (exact) mass is 268 g/mol. The molecule has 20 heavy (non-hydrogen) atoms. The third-order valence-corrected chi connectivity index (χ3v) is 4.08. The first-order valence-corrected chi connectivity index (χ1v) is 7.76. The molecule has 1 aromatic rings. The maximum absolute atomic E-state index is 3.89. The zero-order valence-electron chi connectivity index (χ0n) is 13.2. The van der Waals surface area contributed by atoms with Gasteiger partial charge in [-0.1, -0.05) is 87.9 Å². The van der Waals surface area contributed by atoms with E-state index in [0.717, 1.165) is 6.42 Å². The Balaban J connectivity index is 3.37. The van der Waals surface area contributed by atoms with E-state index in [4.69, 9.17) is 0 Å². The number of allylic oxidation sites excluding steroid dienone is 5. The van der Waals surface area contributed by atoms with E-state index in [1.54, 1.807) is 0 Å². The molecule has 0 spiro atoms. The lowest BCUT2D eigenvalue weighted by molar-refractivity contribution is 0.436. The summed E-state index contributed by atoms with van der Waals surface area (Å²) in [7, 11) is 0. The second-order valence-electron chi connectivity index (χ2n) is 5.26. The van der Waals surface area contributed by atoms with Crippen LogP contribution in [0.1, 0.15) is 52.0 Å². The van der Waals surface area contributed by atoms with Crippen molar-refractivity contribution < 1.29 is 0 Å². The standard InChI is InChI=1S/C20H28/c1-5-9-17-20(8-4,18(13-6-2)14-7-3)19-15-11-10-12-16-19/h6-7,10-16H,2,5,8-9,17H2,1,3-4H3/b14-7-,18-13+. The molecule has 0 bridgehead atoms. The summed E-state index contributed by atoms with van der Waals surface area (Å²) in [6.45, 7) is 10.5. The second kappa shape index (κ2) is 8.58. The van der Waals surface area contributed by atoms with Gasteiger partial charge in [0.15, 0.2) is 0 Å². The molecule has 0 N–H and O–H groups in total. The molecule has 0 aliphatic heterocycles. The molecule has 1 aromatic carbocycles. The van der Waals surface area contributed by atoms with E-state index in [2.05, 4.69) is 75.9 Å². The molecule has 0 heteroatoms. The third kappa shape index (κ3) is 3.72. The largest absolute Gasteiger partial charge is 0.0991 e. The van der Waals surface area contributed by atoms with Gasteiger partial charge in [-0.15, -0.1) is 0 Å². The zero-order chi connectivity index (χ0) is 14.8. The Kier molecular flexibility index (Phi) is 7.08. The van der Waals surface area contributed by atoms with Gasteiger partial charge in [0.1, 0.15) is 0 Å². The molecule has 0 saturated heterocycles. The van der Waals surface area contributed by atoms with Crippen LogP contribution in [0.25, 0.3) is 0 Å². The first kappa shape index (κ1) is 16.5. The second-order valence-corrected chi connectivity index (χ2v) is 5.26. The van der Waals surface area contributed by atoms with E-state index < -0.39 is 0 Å². The van der Waals surface area contributed by atoms with Crippen LogP contribution in [0.4, 0.5) is 0 Å². The quantitative estimate of drug-likeness (QED) is 0.491. The van der Waals surface area contributed by atoms with E-state index >= 15 is 0 Å². The Hall–Kier alpha value is -1.56. The number of benzene rings is 1. The smallest absolute Gasteiger partial charge is 0.0200 e. The molecule has 0 fully saturated rings. The highest BCUT2D eigenvalue weighted by molar-refractivity contribution is 5.43. The van der Waals surface area contributed by atoms with E-state index in [-0.39, 0.29) is 5.41 Å². The molecule has 1 atom stereocenters. The van der Waals surface area contributed by atoms with Crippen molar-refractivity contribution >= 4 is 0 Å².